The predicted octanol–water partition coefficient (Wildman–Crippen LogP) is 2.67. The van der Waals surface area contributed by atoms with Crippen molar-refractivity contribution in [2.24, 2.45) is 0 Å². The summed E-state index contributed by atoms with van der Waals surface area (Å²) < 4.78 is 30.3. The summed E-state index contributed by atoms with van der Waals surface area (Å²) in [6.07, 6.45) is 0. The van der Waals surface area contributed by atoms with Crippen molar-refractivity contribution in [3.05, 3.63) is 29.3 Å². The Kier molecular flexibility index (Phi) is 2.63. The third-order valence-corrected chi connectivity index (χ3v) is 1.52. The zero-order chi connectivity index (χ0) is 9.14. The number of ether oxygens (including phenoxy) is 1. The van der Waals surface area contributed by atoms with Crippen LogP contribution in [0.1, 0.15) is 12.5 Å². The molecule has 3 heteroatoms. The summed E-state index contributed by atoms with van der Waals surface area (Å²) in [7, 11) is 0. The maximum Gasteiger partial charge on any atom is 0.162 e. The van der Waals surface area contributed by atoms with Crippen molar-refractivity contribution in [3.63, 3.8) is 0 Å². The molecule has 0 saturated heterocycles. The zero-order valence-corrected chi connectivity index (χ0v) is 7.03. The molecular formula is C9H10F2O. The molecule has 0 bridgehead atoms. The van der Waals surface area contributed by atoms with Gasteiger partial charge in [0.15, 0.2) is 11.6 Å². The van der Waals surface area contributed by atoms with Crippen molar-refractivity contribution >= 4 is 0 Å². The standard InChI is InChI=1S/C9H10F2O/c1-3-12-9-5-8(11)7(10)4-6(9)2/h4-5H,3H2,1-2H3. The maximum absolute atomic E-state index is 12.6. The van der Waals surface area contributed by atoms with Gasteiger partial charge in [0.05, 0.1) is 6.61 Å². The molecule has 0 amide bonds. The van der Waals surface area contributed by atoms with Crippen LogP contribution < -0.4 is 4.74 Å². The van der Waals surface area contributed by atoms with Gasteiger partial charge in [-0.25, -0.2) is 8.78 Å². The van der Waals surface area contributed by atoms with E-state index < -0.39 is 11.6 Å². The van der Waals surface area contributed by atoms with Crippen LogP contribution >= 0.6 is 0 Å². The van der Waals surface area contributed by atoms with Crippen molar-refractivity contribution in [2.45, 2.75) is 13.8 Å². The summed E-state index contributed by atoms with van der Waals surface area (Å²) in [5, 5.41) is 0. The van der Waals surface area contributed by atoms with Crippen LogP contribution in [0.4, 0.5) is 8.78 Å². The Labute approximate surface area is 70.0 Å². The monoisotopic (exact) mass is 172 g/mol. The van der Waals surface area contributed by atoms with Crippen LogP contribution in [0.15, 0.2) is 12.1 Å². The summed E-state index contributed by atoms with van der Waals surface area (Å²) in [4.78, 5) is 0. The maximum atomic E-state index is 12.6. The van der Waals surface area contributed by atoms with Crippen LogP contribution in [0.2, 0.25) is 0 Å². The largest absolute Gasteiger partial charge is 0.493 e. The molecule has 66 valence electrons. The van der Waals surface area contributed by atoms with E-state index in [0.717, 1.165) is 12.1 Å². The fourth-order valence-corrected chi connectivity index (χ4v) is 0.939. The second kappa shape index (κ2) is 3.52. The number of halogens is 2. The SMILES string of the molecule is CCOc1cc(F)c(F)cc1C. The number of aryl methyl sites for hydroxylation is 1. The van der Waals surface area contributed by atoms with Crippen LogP contribution in [0.5, 0.6) is 5.75 Å². The van der Waals surface area contributed by atoms with Gasteiger partial charge in [-0.15, -0.1) is 0 Å². The first-order chi connectivity index (χ1) is 5.65. The van der Waals surface area contributed by atoms with E-state index in [2.05, 4.69) is 0 Å². The summed E-state index contributed by atoms with van der Waals surface area (Å²) in [6.45, 7) is 3.92. The third-order valence-electron chi connectivity index (χ3n) is 1.52. The lowest BCUT2D eigenvalue weighted by atomic mass is 10.2. The molecule has 1 rings (SSSR count). The lowest BCUT2D eigenvalue weighted by Gasteiger charge is -2.06. The van der Waals surface area contributed by atoms with E-state index >= 15 is 0 Å². The second-order valence-corrected chi connectivity index (χ2v) is 2.46. The van der Waals surface area contributed by atoms with E-state index in [0.29, 0.717) is 17.9 Å². The molecule has 0 aliphatic rings. The molecule has 0 saturated carbocycles. The van der Waals surface area contributed by atoms with Crippen molar-refractivity contribution in [2.75, 3.05) is 6.61 Å². The normalized spacial score (nSPS) is 10.0. The molecule has 1 aromatic rings. The second-order valence-electron chi connectivity index (χ2n) is 2.46. The van der Waals surface area contributed by atoms with Crippen LogP contribution in [0, 0.1) is 18.6 Å². The van der Waals surface area contributed by atoms with E-state index in [4.69, 9.17) is 4.74 Å². The molecule has 0 heterocycles. The van der Waals surface area contributed by atoms with E-state index in [9.17, 15) is 8.78 Å². The Bertz CT molecular complexity index is 284. The van der Waals surface area contributed by atoms with Gasteiger partial charge >= 0.3 is 0 Å². The Balaban J connectivity index is 3.05. The smallest absolute Gasteiger partial charge is 0.162 e. The molecular weight excluding hydrogens is 162 g/mol. The van der Waals surface area contributed by atoms with Gasteiger partial charge in [-0.2, -0.15) is 0 Å². The lowest BCUT2D eigenvalue weighted by Crippen LogP contribution is -1.96. The molecule has 0 aliphatic heterocycles. The molecule has 0 N–H and O–H groups in total. The van der Waals surface area contributed by atoms with E-state index in [1.165, 1.54) is 0 Å². The number of rotatable bonds is 2. The van der Waals surface area contributed by atoms with Gasteiger partial charge < -0.3 is 4.74 Å². The van der Waals surface area contributed by atoms with Gasteiger partial charge in [0.25, 0.3) is 0 Å². The third kappa shape index (κ3) is 1.72. The molecule has 1 nitrogen and oxygen atoms in total. The summed E-state index contributed by atoms with van der Waals surface area (Å²) in [5.41, 5.74) is 0.607. The first-order valence-corrected chi connectivity index (χ1v) is 3.73. The molecule has 1 aromatic carbocycles. The highest BCUT2D eigenvalue weighted by Gasteiger charge is 2.06. The number of hydrogen-bond donors (Lipinski definition) is 0. The molecule has 0 unspecified atom stereocenters. The average Bonchev–Trinajstić information content (AvgIpc) is 2.01. The number of benzene rings is 1. The predicted molar refractivity (Wildman–Crippen MR) is 42.3 cm³/mol. The van der Waals surface area contributed by atoms with Gasteiger partial charge in [-0.3, -0.25) is 0 Å². The molecule has 12 heavy (non-hydrogen) atoms. The Morgan fingerprint density at radius 1 is 1.25 bits per heavy atom. The molecule has 0 aliphatic carbocycles. The minimum Gasteiger partial charge on any atom is -0.493 e. The Morgan fingerprint density at radius 2 is 1.83 bits per heavy atom. The fraction of sp³-hybridized carbons (Fsp3) is 0.333. The van der Waals surface area contributed by atoms with Crippen molar-refractivity contribution in [3.8, 4) is 5.75 Å². The topological polar surface area (TPSA) is 9.23 Å². The highest BCUT2D eigenvalue weighted by Crippen LogP contribution is 2.20. The number of hydrogen-bond acceptors (Lipinski definition) is 1. The molecule has 0 atom stereocenters. The highest BCUT2D eigenvalue weighted by molar-refractivity contribution is 5.33. The van der Waals surface area contributed by atoms with E-state index in [1.807, 2.05) is 0 Å². The summed E-state index contributed by atoms with van der Waals surface area (Å²) >= 11 is 0. The molecule has 0 aromatic heterocycles. The molecule has 0 fully saturated rings. The van der Waals surface area contributed by atoms with Crippen molar-refractivity contribution in [1.29, 1.82) is 0 Å². The minimum atomic E-state index is -0.871. The Morgan fingerprint density at radius 3 is 2.42 bits per heavy atom. The molecule has 0 radical (unpaired) electrons. The van der Waals surface area contributed by atoms with Gasteiger partial charge in [-0.1, -0.05) is 0 Å². The Hall–Kier alpha value is -1.12. The average molecular weight is 172 g/mol. The van der Waals surface area contributed by atoms with Gasteiger partial charge in [0, 0.05) is 6.07 Å². The summed E-state index contributed by atoms with van der Waals surface area (Å²) in [6, 6.07) is 2.19. The van der Waals surface area contributed by atoms with Crippen LogP contribution in [-0.2, 0) is 0 Å². The first kappa shape index (κ1) is 8.97. The highest BCUT2D eigenvalue weighted by atomic mass is 19.2. The minimum absolute atomic E-state index is 0.399. The zero-order valence-electron chi connectivity index (χ0n) is 7.03. The van der Waals surface area contributed by atoms with Crippen molar-refractivity contribution < 1.29 is 13.5 Å². The van der Waals surface area contributed by atoms with Gasteiger partial charge in [-0.05, 0) is 25.5 Å². The van der Waals surface area contributed by atoms with Crippen LogP contribution in [-0.4, -0.2) is 6.61 Å². The van der Waals surface area contributed by atoms with E-state index in [1.54, 1.807) is 13.8 Å². The van der Waals surface area contributed by atoms with Gasteiger partial charge in [0.1, 0.15) is 5.75 Å². The lowest BCUT2D eigenvalue weighted by molar-refractivity contribution is 0.334. The first-order valence-electron chi connectivity index (χ1n) is 3.73. The van der Waals surface area contributed by atoms with Crippen LogP contribution in [0.25, 0.3) is 0 Å². The molecule has 0 spiro atoms. The quantitative estimate of drug-likeness (QED) is 0.666. The summed E-state index contributed by atoms with van der Waals surface area (Å²) in [5.74, 6) is -1.31. The van der Waals surface area contributed by atoms with Crippen molar-refractivity contribution in [1.82, 2.24) is 0 Å². The van der Waals surface area contributed by atoms with Crippen LogP contribution in [0.3, 0.4) is 0 Å². The van der Waals surface area contributed by atoms with Gasteiger partial charge in [0.2, 0.25) is 0 Å². The fourth-order valence-electron chi connectivity index (χ4n) is 0.939. The van der Waals surface area contributed by atoms with E-state index in [-0.39, 0.29) is 0 Å².